The maximum absolute atomic E-state index is 10.6. The van der Waals surface area contributed by atoms with Gasteiger partial charge in [-0.2, -0.15) is 0 Å². The molecule has 1 aromatic rings. The molecule has 0 unspecified atom stereocenters. The van der Waals surface area contributed by atoms with E-state index in [0.29, 0.717) is 12.4 Å². The lowest BCUT2D eigenvalue weighted by molar-refractivity contribution is -0.385. The van der Waals surface area contributed by atoms with E-state index >= 15 is 0 Å². The van der Waals surface area contributed by atoms with Crippen molar-refractivity contribution in [2.75, 3.05) is 6.61 Å². The quantitative estimate of drug-likeness (QED) is 0.419. The fraction of sp³-hybridized carbons (Fsp3) is 0.200. The monoisotopic (exact) mass is 193 g/mol. The third-order valence-corrected chi connectivity index (χ3v) is 1.63. The van der Waals surface area contributed by atoms with E-state index < -0.39 is 4.92 Å². The molecule has 0 bridgehead atoms. The molecule has 0 atom stereocenters. The molecule has 0 aromatic heterocycles. The van der Waals surface area contributed by atoms with Crippen LogP contribution in [0.25, 0.3) is 0 Å². The minimum absolute atomic E-state index is 0.00277. The van der Waals surface area contributed by atoms with Crippen molar-refractivity contribution >= 4 is 5.69 Å². The zero-order chi connectivity index (χ0) is 10.4. The van der Waals surface area contributed by atoms with Crippen LogP contribution in [0.5, 0.6) is 5.75 Å². The standard InChI is InChI=1S/C10H11NO3/c1-2-3-8-14-10-7-5-4-6-9(10)11(12)13/h2-7H,8H2,1H3. The van der Waals surface area contributed by atoms with Crippen molar-refractivity contribution in [3.63, 3.8) is 0 Å². The van der Waals surface area contributed by atoms with Crippen molar-refractivity contribution in [1.82, 2.24) is 0 Å². The third kappa shape index (κ3) is 2.58. The molecule has 0 spiro atoms. The average Bonchev–Trinajstić information content (AvgIpc) is 2.19. The van der Waals surface area contributed by atoms with Crippen molar-refractivity contribution in [2.24, 2.45) is 0 Å². The van der Waals surface area contributed by atoms with Crippen molar-refractivity contribution in [3.8, 4) is 5.75 Å². The fourth-order valence-corrected chi connectivity index (χ4v) is 0.964. The Morgan fingerprint density at radius 1 is 1.50 bits per heavy atom. The fourth-order valence-electron chi connectivity index (χ4n) is 0.964. The van der Waals surface area contributed by atoms with Crippen LogP contribution in [-0.4, -0.2) is 11.5 Å². The van der Waals surface area contributed by atoms with Gasteiger partial charge in [-0.1, -0.05) is 24.3 Å². The maximum atomic E-state index is 10.6. The van der Waals surface area contributed by atoms with Crippen LogP contribution in [0.4, 0.5) is 5.69 Å². The largest absolute Gasteiger partial charge is 0.483 e. The summed E-state index contributed by atoms with van der Waals surface area (Å²) in [6.45, 7) is 2.21. The van der Waals surface area contributed by atoms with Crippen molar-refractivity contribution in [3.05, 3.63) is 46.5 Å². The van der Waals surface area contributed by atoms with E-state index in [2.05, 4.69) is 0 Å². The van der Waals surface area contributed by atoms with Crippen LogP contribution >= 0.6 is 0 Å². The van der Waals surface area contributed by atoms with E-state index in [4.69, 9.17) is 4.74 Å². The molecule has 0 heterocycles. The molecular formula is C10H11NO3. The number of benzene rings is 1. The minimum atomic E-state index is -0.453. The van der Waals surface area contributed by atoms with Crippen molar-refractivity contribution < 1.29 is 9.66 Å². The molecule has 14 heavy (non-hydrogen) atoms. The van der Waals surface area contributed by atoms with E-state index in [9.17, 15) is 10.1 Å². The number of rotatable bonds is 4. The summed E-state index contributed by atoms with van der Waals surface area (Å²) in [5.74, 6) is 0.301. The Kier molecular flexibility index (Phi) is 3.67. The Hall–Kier alpha value is -1.84. The van der Waals surface area contributed by atoms with Crippen LogP contribution in [0.15, 0.2) is 36.4 Å². The van der Waals surface area contributed by atoms with Gasteiger partial charge in [0.2, 0.25) is 0 Å². The lowest BCUT2D eigenvalue weighted by Crippen LogP contribution is -1.97. The highest BCUT2D eigenvalue weighted by Crippen LogP contribution is 2.25. The Labute approximate surface area is 82.0 Å². The highest BCUT2D eigenvalue weighted by atomic mass is 16.6. The summed E-state index contributed by atoms with van der Waals surface area (Å²) in [7, 11) is 0. The minimum Gasteiger partial charge on any atom is -0.483 e. The predicted molar refractivity (Wildman–Crippen MR) is 53.4 cm³/mol. The zero-order valence-corrected chi connectivity index (χ0v) is 7.84. The first-order chi connectivity index (χ1) is 6.75. The lowest BCUT2D eigenvalue weighted by atomic mass is 10.3. The van der Waals surface area contributed by atoms with E-state index in [1.807, 2.05) is 13.0 Å². The second-order valence-corrected chi connectivity index (χ2v) is 2.60. The van der Waals surface area contributed by atoms with Crippen LogP contribution in [0.1, 0.15) is 6.92 Å². The van der Waals surface area contributed by atoms with Gasteiger partial charge in [0.15, 0.2) is 5.75 Å². The topological polar surface area (TPSA) is 52.4 Å². The van der Waals surface area contributed by atoms with Crippen LogP contribution in [-0.2, 0) is 0 Å². The summed E-state index contributed by atoms with van der Waals surface area (Å²) in [6, 6.07) is 6.32. The number of hydrogen-bond acceptors (Lipinski definition) is 3. The summed E-state index contributed by atoms with van der Waals surface area (Å²) < 4.78 is 5.21. The molecule has 0 radical (unpaired) electrons. The molecule has 1 aromatic carbocycles. The summed E-state index contributed by atoms with van der Waals surface area (Å²) >= 11 is 0. The first-order valence-electron chi connectivity index (χ1n) is 4.23. The number of nitrogens with zero attached hydrogens (tertiary/aromatic N) is 1. The zero-order valence-electron chi connectivity index (χ0n) is 7.84. The van der Waals surface area contributed by atoms with Gasteiger partial charge in [-0.15, -0.1) is 0 Å². The highest BCUT2D eigenvalue weighted by molar-refractivity contribution is 5.45. The van der Waals surface area contributed by atoms with Crippen LogP contribution in [0, 0.1) is 10.1 Å². The molecule has 0 aliphatic rings. The van der Waals surface area contributed by atoms with E-state index in [1.165, 1.54) is 6.07 Å². The SMILES string of the molecule is CC=CCOc1ccccc1[N+](=O)[O-]. The van der Waals surface area contributed by atoms with Gasteiger partial charge in [0.1, 0.15) is 6.61 Å². The van der Waals surface area contributed by atoms with Crippen LogP contribution in [0.3, 0.4) is 0 Å². The average molecular weight is 193 g/mol. The molecule has 0 aliphatic carbocycles. The molecule has 0 aliphatic heterocycles. The number of nitro groups is 1. The van der Waals surface area contributed by atoms with E-state index in [-0.39, 0.29) is 5.69 Å². The summed E-state index contributed by atoms with van der Waals surface area (Å²) in [4.78, 5) is 10.1. The maximum Gasteiger partial charge on any atom is 0.310 e. The first-order valence-corrected chi connectivity index (χ1v) is 4.23. The van der Waals surface area contributed by atoms with Crippen LogP contribution < -0.4 is 4.74 Å². The van der Waals surface area contributed by atoms with Gasteiger partial charge in [0.25, 0.3) is 0 Å². The third-order valence-electron chi connectivity index (χ3n) is 1.63. The van der Waals surface area contributed by atoms with Crippen molar-refractivity contribution in [1.29, 1.82) is 0 Å². The molecule has 74 valence electrons. The molecule has 0 saturated heterocycles. The van der Waals surface area contributed by atoms with Gasteiger partial charge in [0, 0.05) is 6.07 Å². The lowest BCUT2D eigenvalue weighted by Gasteiger charge is -2.02. The normalized spacial score (nSPS) is 10.4. The van der Waals surface area contributed by atoms with E-state index in [0.717, 1.165) is 0 Å². The molecule has 1 rings (SSSR count). The second-order valence-electron chi connectivity index (χ2n) is 2.60. The molecule has 0 N–H and O–H groups in total. The van der Waals surface area contributed by atoms with Gasteiger partial charge < -0.3 is 4.74 Å². The predicted octanol–water partition coefficient (Wildman–Crippen LogP) is 2.55. The van der Waals surface area contributed by atoms with Gasteiger partial charge in [0.05, 0.1) is 4.92 Å². The Balaban J connectivity index is 2.79. The highest BCUT2D eigenvalue weighted by Gasteiger charge is 2.12. The molecule has 0 fully saturated rings. The first kappa shape index (κ1) is 10.2. The second kappa shape index (κ2) is 5.01. The number of allylic oxidation sites excluding steroid dienone is 1. The smallest absolute Gasteiger partial charge is 0.310 e. The molecule has 4 heteroatoms. The number of hydrogen-bond donors (Lipinski definition) is 0. The molecule has 0 saturated carbocycles. The van der Waals surface area contributed by atoms with Crippen molar-refractivity contribution in [2.45, 2.75) is 6.92 Å². The number of para-hydroxylation sites is 2. The van der Waals surface area contributed by atoms with Gasteiger partial charge >= 0.3 is 5.69 Å². The molecule has 0 amide bonds. The Bertz CT molecular complexity index is 347. The summed E-state index contributed by atoms with van der Waals surface area (Å²) in [6.07, 6.45) is 3.62. The summed E-state index contributed by atoms with van der Waals surface area (Å²) in [5, 5.41) is 10.6. The van der Waals surface area contributed by atoms with Gasteiger partial charge in [-0.25, -0.2) is 0 Å². The summed E-state index contributed by atoms with van der Waals surface area (Å²) in [5.41, 5.74) is -0.00277. The Morgan fingerprint density at radius 3 is 2.86 bits per heavy atom. The molecule has 4 nitrogen and oxygen atoms in total. The van der Waals surface area contributed by atoms with E-state index in [1.54, 1.807) is 24.3 Å². The van der Waals surface area contributed by atoms with Crippen LogP contribution in [0.2, 0.25) is 0 Å². The van der Waals surface area contributed by atoms with Gasteiger partial charge in [-0.05, 0) is 13.0 Å². The Morgan fingerprint density at radius 2 is 2.21 bits per heavy atom. The van der Waals surface area contributed by atoms with Gasteiger partial charge in [-0.3, -0.25) is 10.1 Å². The number of nitro benzene ring substituents is 1. The number of ether oxygens (including phenoxy) is 1. The molecular weight excluding hydrogens is 182 g/mol.